The first kappa shape index (κ1) is 20.3. The van der Waals surface area contributed by atoms with Crippen LogP contribution in [0.5, 0.6) is 5.75 Å². The highest BCUT2D eigenvalue weighted by atomic mass is 35.5. The van der Waals surface area contributed by atoms with Gasteiger partial charge in [-0.1, -0.05) is 41.9 Å². The fraction of sp³-hybridized carbons (Fsp3) is 0.136. The highest BCUT2D eigenvalue weighted by molar-refractivity contribution is 7.90. The molecule has 0 fully saturated rings. The second-order valence-corrected chi connectivity index (χ2v) is 9.37. The fourth-order valence-electron chi connectivity index (χ4n) is 3.07. The van der Waals surface area contributed by atoms with Gasteiger partial charge in [0.25, 0.3) is 0 Å². The second-order valence-electron chi connectivity index (χ2n) is 6.95. The molecule has 0 aliphatic heterocycles. The Labute approximate surface area is 178 Å². The molecule has 0 bridgehead atoms. The van der Waals surface area contributed by atoms with Gasteiger partial charge in [-0.05, 0) is 22.9 Å². The molecule has 2 heterocycles. The van der Waals surface area contributed by atoms with Crippen LogP contribution in [0.2, 0.25) is 5.02 Å². The zero-order valence-electron chi connectivity index (χ0n) is 16.0. The number of rotatable bonds is 6. The van der Waals surface area contributed by atoms with E-state index in [0.717, 1.165) is 17.0 Å². The predicted octanol–water partition coefficient (Wildman–Crippen LogP) is 4.28. The van der Waals surface area contributed by atoms with Gasteiger partial charge < -0.3 is 13.7 Å². The quantitative estimate of drug-likeness (QED) is 0.444. The van der Waals surface area contributed by atoms with E-state index in [-0.39, 0.29) is 27.7 Å². The first-order valence-corrected chi connectivity index (χ1v) is 11.3. The van der Waals surface area contributed by atoms with Crippen molar-refractivity contribution in [3.05, 3.63) is 93.8 Å². The van der Waals surface area contributed by atoms with Gasteiger partial charge in [-0.25, -0.2) is 8.42 Å². The Kier molecular flexibility index (Phi) is 5.40. The van der Waals surface area contributed by atoms with Crippen molar-refractivity contribution in [1.82, 2.24) is 4.57 Å². The SMILES string of the molecule is CS(=O)(=O)c1ccc(COc2coc(Cn3cc4ccccc4c3)cc2=O)c(Cl)c1. The van der Waals surface area contributed by atoms with Gasteiger partial charge in [-0.15, -0.1) is 0 Å². The lowest BCUT2D eigenvalue weighted by Gasteiger charge is -2.09. The normalized spacial score (nSPS) is 11.7. The van der Waals surface area contributed by atoms with E-state index in [4.69, 9.17) is 20.8 Å². The number of ether oxygens (including phenoxy) is 1. The van der Waals surface area contributed by atoms with Crippen LogP contribution in [0.3, 0.4) is 0 Å². The monoisotopic (exact) mass is 443 g/mol. The Morgan fingerprint density at radius 2 is 1.77 bits per heavy atom. The van der Waals surface area contributed by atoms with Crippen molar-refractivity contribution in [2.45, 2.75) is 18.0 Å². The van der Waals surface area contributed by atoms with Crippen molar-refractivity contribution in [2.75, 3.05) is 6.26 Å². The van der Waals surface area contributed by atoms with Crippen LogP contribution in [0.15, 0.2) is 81.3 Å². The molecule has 0 amide bonds. The molecule has 0 atom stereocenters. The van der Waals surface area contributed by atoms with Crippen LogP contribution < -0.4 is 10.2 Å². The van der Waals surface area contributed by atoms with E-state index in [0.29, 0.717) is 17.9 Å². The molecule has 0 saturated heterocycles. The summed E-state index contributed by atoms with van der Waals surface area (Å²) in [5.74, 6) is 0.558. The lowest BCUT2D eigenvalue weighted by Crippen LogP contribution is -2.09. The van der Waals surface area contributed by atoms with E-state index < -0.39 is 9.84 Å². The Balaban J connectivity index is 1.46. The lowest BCUT2D eigenvalue weighted by atomic mass is 10.2. The molecule has 0 spiro atoms. The van der Waals surface area contributed by atoms with Crippen LogP contribution in [-0.4, -0.2) is 19.2 Å². The molecule has 2 aromatic heterocycles. The minimum atomic E-state index is -3.35. The van der Waals surface area contributed by atoms with Crippen molar-refractivity contribution in [1.29, 1.82) is 0 Å². The van der Waals surface area contributed by atoms with E-state index in [2.05, 4.69) is 0 Å². The molecule has 0 radical (unpaired) electrons. The maximum atomic E-state index is 12.4. The van der Waals surface area contributed by atoms with E-state index in [1.54, 1.807) is 6.07 Å². The zero-order valence-corrected chi connectivity index (χ0v) is 17.6. The standard InChI is InChI=1S/C22H18ClNO5S/c1-30(26,27)19-7-6-17(20(23)9-19)13-29-22-14-28-18(8-21(22)25)12-24-10-15-4-2-3-5-16(15)11-24/h2-11,14H,12-13H2,1H3. The van der Waals surface area contributed by atoms with Gasteiger partial charge in [0.15, 0.2) is 9.84 Å². The minimum absolute atomic E-state index is 0.00989. The summed E-state index contributed by atoms with van der Waals surface area (Å²) >= 11 is 6.14. The van der Waals surface area contributed by atoms with Crippen LogP contribution in [0, 0.1) is 0 Å². The van der Waals surface area contributed by atoms with Crippen molar-refractivity contribution in [2.24, 2.45) is 0 Å². The Morgan fingerprint density at radius 1 is 1.07 bits per heavy atom. The second kappa shape index (κ2) is 8.01. The van der Waals surface area contributed by atoms with Gasteiger partial charge in [-0.2, -0.15) is 0 Å². The summed E-state index contributed by atoms with van der Waals surface area (Å²) in [7, 11) is -3.35. The number of fused-ring (bicyclic) bond motifs is 1. The smallest absolute Gasteiger partial charge is 0.227 e. The van der Waals surface area contributed by atoms with Gasteiger partial charge in [-0.3, -0.25) is 4.79 Å². The molecule has 154 valence electrons. The van der Waals surface area contributed by atoms with E-state index in [1.807, 2.05) is 41.2 Å². The highest BCUT2D eigenvalue weighted by Crippen LogP contribution is 2.22. The molecule has 4 aromatic rings. The lowest BCUT2D eigenvalue weighted by molar-refractivity contribution is 0.289. The van der Waals surface area contributed by atoms with Crippen LogP contribution in [0.25, 0.3) is 10.8 Å². The molecule has 4 rings (SSSR count). The summed E-state index contributed by atoms with van der Waals surface area (Å²) in [6.07, 6.45) is 6.36. The summed E-state index contributed by atoms with van der Waals surface area (Å²) in [6.45, 7) is 0.430. The molecular formula is C22H18ClNO5S. The molecule has 0 N–H and O–H groups in total. The van der Waals surface area contributed by atoms with Crippen LogP contribution in [-0.2, 0) is 23.0 Å². The molecule has 0 unspecified atom stereocenters. The first-order chi connectivity index (χ1) is 14.3. The highest BCUT2D eigenvalue weighted by Gasteiger charge is 2.12. The number of nitrogens with zero attached hydrogens (tertiary/aromatic N) is 1. The fourth-order valence-corrected chi connectivity index (χ4v) is 4.02. The van der Waals surface area contributed by atoms with Crippen molar-refractivity contribution in [3.63, 3.8) is 0 Å². The van der Waals surface area contributed by atoms with Crippen molar-refractivity contribution < 1.29 is 17.6 Å². The molecule has 0 aliphatic carbocycles. The molecule has 8 heteroatoms. The van der Waals surface area contributed by atoms with E-state index in [9.17, 15) is 13.2 Å². The molecule has 30 heavy (non-hydrogen) atoms. The summed E-state index contributed by atoms with van der Waals surface area (Å²) in [6, 6.07) is 13.8. The van der Waals surface area contributed by atoms with E-state index in [1.165, 1.54) is 24.5 Å². The van der Waals surface area contributed by atoms with Gasteiger partial charge in [0.2, 0.25) is 11.2 Å². The summed E-state index contributed by atoms with van der Waals surface area (Å²) < 4.78 is 36.2. The summed E-state index contributed by atoms with van der Waals surface area (Å²) in [4.78, 5) is 12.5. The Hall–Kier alpha value is -3.03. The van der Waals surface area contributed by atoms with Gasteiger partial charge in [0.1, 0.15) is 18.6 Å². The summed E-state index contributed by atoms with van der Waals surface area (Å²) in [5.41, 5.74) is 0.253. The summed E-state index contributed by atoms with van der Waals surface area (Å²) in [5, 5.41) is 2.47. The number of benzene rings is 2. The van der Waals surface area contributed by atoms with Crippen LogP contribution in [0.4, 0.5) is 0 Å². The van der Waals surface area contributed by atoms with Crippen LogP contribution >= 0.6 is 11.6 Å². The number of halogens is 1. The molecule has 0 saturated carbocycles. The number of aromatic nitrogens is 1. The topological polar surface area (TPSA) is 78.5 Å². The third kappa shape index (κ3) is 4.42. The zero-order chi connectivity index (χ0) is 21.3. The van der Waals surface area contributed by atoms with Crippen molar-refractivity contribution >= 4 is 32.2 Å². The average molecular weight is 444 g/mol. The average Bonchev–Trinajstić information content (AvgIpc) is 3.09. The number of hydrogen-bond donors (Lipinski definition) is 0. The maximum absolute atomic E-state index is 12.4. The first-order valence-electron chi connectivity index (χ1n) is 9.07. The third-order valence-electron chi connectivity index (χ3n) is 4.63. The van der Waals surface area contributed by atoms with Crippen molar-refractivity contribution in [3.8, 4) is 5.75 Å². The van der Waals surface area contributed by atoms with Gasteiger partial charge in [0.05, 0.1) is 11.4 Å². The van der Waals surface area contributed by atoms with Crippen LogP contribution in [0.1, 0.15) is 11.3 Å². The van der Waals surface area contributed by atoms with Gasteiger partial charge >= 0.3 is 0 Å². The Bertz CT molecular complexity index is 1360. The molecular weight excluding hydrogens is 426 g/mol. The molecule has 2 aromatic carbocycles. The predicted molar refractivity (Wildman–Crippen MR) is 115 cm³/mol. The largest absolute Gasteiger partial charge is 0.482 e. The Morgan fingerprint density at radius 3 is 2.37 bits per heavy atom. The minimum Gasteiger partial charge on any atom is -0.482 e. The van der Waals surface area contributed by atoms with E-state index >= 15 is 0 Å². The molecule has 6 nitrogen and oxygen atoms in total. The third-order valence-corrected chi connectivity index (χ3v) is 6.09. The number of hydrogen-bond acceptors (Lipinski definition) is 5. The number of sulfone groups is 1. The van der Waals surface area contributed by atoms with Gasteiger partial charge in [0, 0.05) is 35.3 Å². The molecule has 0 aliphatic rings. The maximum Gasteiger partial charge on any atom is 0.227 e.